The highest BCUT2D eigenvalue weighted by Crippen LogP contribution is 2.46. The van der Waals surface area contributed by atoms with Gasteiger partial charge in [-0.3, -0.25) is 4.79 Å². The molecule has 2 saturated heterocycles. The molecular formula is C18H24ClN3O2. The number of carbonyl (C=O) groups excluding carboxylic acids is 1. The van der Waals surface area contributed by atoms with Crippen LogP contribution in [0.3, 0.4) is 0 Å². The summed E-state index contributed by atoms with van der Waals surface area (Å²) in [7, 11) is 1.76. The van der Waals surface area contributed by atoms with Gasteiger partial charge < -0.3 is 10.0 Å². The maximum atomic E-state index is 13.0. The average Bonchev–Trinajstić information content (AvgIpc) is 3.01. The van der Waals surface area contributed by atoms with Crippen LogP contribution in [0.5, 0.6) is 0 Å². The Hall–Kier alpha value is -1.14. The molecule has 130 valence electrons. The molecule has 1 amide bonds. The van der Waals surface area contributed by atoms with Crippen molar-refractivity contribution in [2.75, 3.05) is 13.6 Å². The lowest BCUT2D eigenvalue weighted by atomic mass is 9.89. The number of nitrogens with one attached hydrogen (secondary N) is 1. The van der Waals surface area contributed by atoms with Crippen LogP contribution in [0.2, 0.25) is 5.02 Å². The number of halogens is 1. The van der Waals surface area contributed by atoms with E-state index in [4.69, 9.17) is 11.6 Å². The summed E-state index contributed by atoms with van der Waals surface area (Å²) in [5.74, 6) is -0.330. The van der Waals surface area contributed by atoms with E-state index in [9.17, 15) is 9.90 Å². The van der Waals surface area contributed by atoms with Gasteiger partial charge in [0.1, 0.15) is 0 Å². The van der Waals surface area contributed by atoms with E-state index < -0.39 is 5.72 Å². The van der Waals surface area contributed by atoms with E-state index >= 15 is 0 Å². The van der Waals surface area contributed by atoms with Crippen molar-refractivity contribution in [1.29, 1.82) is 0 Å². The van der Waals surface area contributed by atoms with Crippen LogP contribution in [0.1, 0.15) is 43.7 Å². The highest BCUT2D eigenvalue weighted by molar-refractivity contribution is 6.30. The maximum Gasteiger partial charge on any atom is 0.272 e. The molecule has 4 rings (SSSR count). The predicted octanol–water partition coefficient (Wildman–Crippen LogP) is 2.31. The number of carbonyl (C=O) groups is 1. The van der Waals surface area contributed by atoms with Crippen molar-refractivity contribution in [3.05, 3.63) is 34.9 Å². The normalized spacial score (nSPS) is 34.8. The van der Waals surface area contributed by atoms with E-state index in [0.29, 0.717) is 11.6 Å². The molecule has 2 aliphatic heterocycles. The Bertz CT molecular complexity index is 632. The minimum absolute atomic E-state index is 0.0881. The number of hydrazine groups is 1. The summed E-state index contributed by atoms with van der Waals surface area (Å²) in [4.78, 5) is 15.0. The minimum Gasteiger partial charge on any atom is -0.366 e. The van der Waals surface area contributed by atoms with Gasteiger partial charge in [0, 0.05) is 24.7 Å². The zero-order valence-corrected chi connectivity index (χ0v) is 14.7. The molecule has 3 atom stereocenters. The molecular weight excluding hydrogens is 326 g/mol. The van der Waals surface area contributed by atoms with E-state index in [1.54, 1.807) is 12.1 Å². The number of hydrogen-bond donors (Lipinski definition) is 2. The number of amides is 1. The molecule has 0 aromatic heterocycles. The standard InChI is InChI=1S/C18H24ClN3O2/c1-21-18(24)15(16(20-21)12-7-9-13(19)10-8-12)11-22(17(18)23)14-5-3-2-4-6-14/h7-10,14-16,20,24H,2-6,11H2,1H3/t15-,16-,18+/m1/s1. The van der Waals surface area contributed by atoms with Gasteiger partial charge in [0.25, 0.3) is 5.91 Å². The fourth-order valence-corrected chi connectivity index (χ4v) is 4.73. The molecule has 2 heterocycles. The van der Waals surface area contributed by atoms with E-state index in [0.717, 1.165) is 18.4 Å². The monoisotopic (exact) mass is 349 g/mol. The number of likely N-dealkylation sites (tertiary alicyclic amines) is 1. The molecule has 3 aliphatic rings. The van der Waals surface area contributed by atoms with Crippen LogP contribution in [0, 0.1) is 5.92 Å². The van der Waals surface area contributed by atoms with E-state index in [1.165, 1.54) is 19.3 Å². The van der Waals surface area contributed by atoms with Gasteiger partial charge in [-0.05, 0) is 30.5 Å². The van der Waals surface area contributed by atoms with Crippen molar-refractivity contribution in [3.8, 4) is 0 Å². The first kappa shape index (κ1) is 16.3. The fourth-order valence-electron chi connectivity index (χ4n) is 4.60. The molecule has 1 aromatic carbocycles. The van der Waals surface area contributed by atoms with Crippen LogP contribution in [-0.4, -0.2) is 46.3 Å². The number of aliphatic hydroxyl groups is 1. The van der Waals surface area contributed by atoms with E-state index in [1.807, 2.05) is 29.2 Å². The molecule has 1 aromatic rings. The zero-order chi connectivity index (χ0) is 16.9. The van der Waals surface area contributed by atoms with Crippen LogP contribution >= 0.6 is 11.6 Å². The summed E-state index contributed by atoms with van der Waals surface area (Å²) in [6.45, 7) is 0.602. The Morgan fingerprint density at radius 1 is 1.21 bits per heavy atom. The molecule has 1 aliphatic carbocycles. The summed E-state index contributed by atoms with van der Waals surface area (Å²) >= 11 is 5.99. The predicted molar refractivity (Wildman–Crippen MR) is 92.1 cm³/mol. The lowest BCUT2D eigenvalue weighted by Crippen LogP contribution is -2.55. The highest BCUT2D eigenvalue weighted by Gasteiger charge is 2.64. The third-order valence-corrected chi connectivity index (χ3v) is 6.23. The number of fused-ring (bicyclic) bond motifs is 1. The molecule has 2 N–H and O–H groups in total. The van der Waals surface area contributed by atoms with Crippen molar-refractivity contribution < 1.29 is 9.90 Å². The molecule has 1 saturated carbocycles. The summed E-state index contributed by atoms with van der Waals surface area (Å²) in [5.41, 5.74) is 2.87. The van der Waals surface area contributed by atoms with Crippen LogP contribution in [-0.2, 0) is 4.79 Å². The number of likely N-dealkylation sites (N-methyl/N-ethyl adjacent to an activating group) is 1. The fraction of sp³-hybridized carbons (Fsp3) is 0.611. The Labute approximate surface area is 147 Å². The molecule has 5 nitrogen and oxygen atoms in total. The largest absolute Gasteiger partial charge is 0.366 e. The van der Waals surface area contributed by atoms with Gasteiger partial charge in [-0.2, -0.15) is 0 Å². The Kier molecular flexibility index (Phi) is 4.07. The summed E-state index contributed by atoms with van der Waals surface area (Å²) < 4.78 is 0. The first-order chi connectivity index (χ1) is 11.5. The molecule has 0 radical (unpaired) electrons. The Morgan fingerprint density at radius 3 is 2.54 bits per heavy atom. The van der Waals surface area contributed by atoms with Crippen LogP contribution in [0.15, 0.2) is 24.3 Å². The lowest BCUT2D eigenvalue weighted by molar-refractivity contribution is -0.164. The van der Waals surface area contributed by atoms with Crippen LogP contribution in [0.25, 0.3) is 0 Å². The lowest BCUT2D eigenvalue weighted by Gasteiger charge is -2.34. The first-order valence-electron chi connectivity index (χ1n) is 8.80. The van der Waals surface area contributed by atoms with E-state index in [2.05, 4.69) is 5.43 Å². The van der Waals surface area contributed by atoms with Crippen molar-refractivity contribution in [1.82, 2.24) is 15.3 Å². The maximum absolute atomic E-state index is 13.0. The van der Waals surface area contributed by atoms with Crippen molar-refractivity contribution in [3.63, 3.8) is 0 Å². The summed E-state index contributed by atoms with van der Waals surface area (Å²) in [5, 5.41) is 13.5. The van der Waals surface area contributed by atoms with E-state index in [-0.39, 0.29) is 23.9 Å². The molecule has 0 unspecified atom stereocenters. The third-order valence-electron chi connectivity index (χ3n) is 5.98. The van der Waals surface area contributed by atoms with Crippen molar-refractivity contribution in [2.45, 2.75) is 49.9 Å². The average molecular weight is 350 g/mol. The second-order valence-electron chi connectivity index (χ2n) is 7.30. The van der Waals surface area contributed by atoms with Gasteiger partial charge >= 0.3 is 0 Å². The van der Waals surface area contributed by atoms with Crippen molar-refractivity contribution in [2.24, 2.45) is 5.92 Å². The van der Waals surface area contributed by atoms with Gasteiger partial charge in [-0.15, -0.1) is 0 Å². The molecule has 24 heavy (non-hydrogen) atoms. The van der Waals surface area contributed by atoms with Gasteiger partial charge in [-0.1, -0.05) is 43.0 Å². The van der Waals surface area contributed by atoms with Gasteiger partial charge in [0.2, 0.25) is 5.72 Å². The third kappa shape index (κ3) is 2.37. The first-order valence-corrected chi connectivity index (χ1v) is 9.18. The number of hydrogen-bond acceptors (Lipinski definition) is 4. The SMILES string of the molecule is CN1N[C@H](c2ccc(Cl)cc2)[C@H]2CN(C3CCCCC3)C(=O)[C@@]21O. The van der Waals surface area contributed by atoms with Crippen LogP contribution < -0.4 is 5.43 Å². The molecule has 0 bridgehead atoms. The quantitative estimate of drug-likeness (QED) is 0.860. The molecule has 0 spiro atoms. The molecule has 3 fully saturated rings. The van der Waals surface area contributed by atoms with Gasteiger partial charge in [0.05, 0.1) is 12.0 Å². The van der Waals surface area contributed by atoms with Crippen molar-refractivity contribution >= 4 is 17.5 Å². The summed E-state index contributed by atoms with van der Waals surface area (Å²) in [6, 6.07) is 7.83. The number of benzene rings is 1. The number of rotatable bonds is 2. The van der Waals surface area contributed by atoms with Gasteiger partial charge in [0.15, 0.2) is 0 Å². The highest BCUT2D eigenvalue weighted by atomic mass is 35.5. The molecule has 6 heteroatoms. The Balaban J connectivity index is 1.63. The smallest absolute Gasteiger partial charge is 0.272 e. The zero-order valence-electron chi connectivity index (χ0n) is 13.9. The summed E-state index contributed by atoms with van der Waals surface area (Å²) in [6.07, 6.45) is 5.70. The second-order valence-corrected chi connectivity index (χ2v) is 7.74. The van der Waals surface area contributed by atoms with Crippen LogP contribution in [0.4, 0.5) is 0 Å². The van der Waals surface area contributed by atoms with Gasteiger partial charge in [-0.25, -0.2) is 10.4 Å². The minimum atomic E-state index is -1.46. The number of nitrogens with zero attached hydrogens (tertiary/aromatic N) is 2. The second kappa shape index (κ2) is 5.99. The topological polar surface area (TPSA) is 55.8 Å². The Morgan fingerprint density at radius 2 is 1.88 bits per heavy atom.